The second-order valence-corrected chi connectivity index (χ2v) is 6.88. The summed E-state index contributed by atoms with van der Waals surface area (Å²) in [5.41, 5.74) is -0.546. The van der Waals surface area contributed by atoms with Crippen LogP contribution in [0.2, 0.25) is 0 Å². The van der Waals surface area contributed by atoms with Crippen LogP contribution in [-0.4, -0.2) is 92.9 Å². The Labute approximate surface area is 144 Å². The van der Waals surface area contributed by atoms with Gasteiger partial charge in [-0.05, 0) is 40.4 Å². The van der Waals surface area contributed by atoms with Gasteiger partial charge in [0.05, 0.1) is 6.61 Å². The van der Waals surface area contributed by atoms with Crippen molar-refractivity contribution < 1.29 is 24.2 Å². The van der Waals surface area contributed by atoms with Crippen molar-refractivity contribution in [2.24, 2.45) is 5.92 Å². The monoisotopic (exact) mass is 344 g/mol. The average Bonchev–Trinajstić information content (AvgIpc) is 2.50. The minimum Gasteiger partial charge on any atom is -0.454 e. The van der Waals surface area contributed by atoms with Gasteiger partial charge in [-0.3, -0.25) is 14.5 Å². The number of Topliss-reactive ketones (excluding diaryl/α,β-unsaturated/α-hetero) is 1. The minimum absolute atomic E-state index is 0.152. The molecule has 140 valence electrons. The number of aliphatic hydroxyl groups excluding tert-OH is 1. The van der Waals surface area contributed by atoms with E-state index in [4.69, 9.17) is 14.6 Å². The van der Waals surface area contributed by atoms with Gasteiger partial charge in [-0.2, -0.15) is 0 Å². The summed E-state index contributed by atoms with van der Waals surface area (Å²) < 4.78 is 10.6. The first-order valence-electron chi connectivity index (χ1n) is 8.56. The molecule has 0 bridgehead atoms. The van der Waals surface area contributed by atoms with Crippen molar-refractivity contribution in [1.29, 1.82) is 0 Å². The fraction of sp³-hybridized carbons (Fsp3) is 0.882. The van der Waals surface area contributed by atoms with Crippen LogP contribution < -0.4 is 0 Å². The lowest BCUT2D eigenvalue weighted by molar-refractivity contribution is -0.186. The van der Waals surface area contributed by atoms with Crippen LogP contribution in [0.5, 0.6) is 0 Å². The van der Waals surface area contributed by atoms with Crippen molar-refractivity contribution >= 4 is 11.8 Å². The maximum atomic E-state index is 12.4. The van der Waals surface area contributed by atoms with Gasteiger partial charge in [0.2, 0.25) is 0 Å². The number of unbranched alkanes of at least 4 members (excludes halogenated alkanes) is 1. The number of methoxy groups -OCH3 is 1. The Balaban J connectivity index is 2.54. The third-order valence-corrected chi connectivity index (χ3v) is 4.33. The topological polar surface area (TPSA) is 79.3 Å². The van der Waals surface area contributed by atoms with Gasteiger partial charge in [-0.15, -0.1) is 0 Å². The van der Waals surface area contributed by atoms with Crippen LogP contribution in [-0.2, 0) is 19.1 Å². The van der Waals surface area contributed by atoms with Crippen molar-refractivity contribution in [1.82, 2.24) is 9.80 Å². The standard InChI is InChI=1S/C17H32N2O5/c1-14(15(21)7-10-23-4)16(22)24-17(12-19(3)13-17)11-18(2)8-5-6-9-20/h14,20H,5-13H2,1-4H3. The van der Waals surface area contributed by atoms with E-state index in [2.05, 4.69) is 9.80 Å². The molecule has 7 heteroatoms. The third-order valence-electron chi connectivity index (χ3n) is 4.33. The normalized spacial score (nSPS) is 18.2. The van der Waals surface area contributed by atoms with Crippen LogP contribution in [0.25, 0.3) is 0 Å². The molecular formula is C17H32N2O5. The summed E-state index contributed by atoms with van der Waals surface area (Å²) in [6.07, 6.45) is 1.89. The highest BCUT2D eigenvalue weighted by molar-refractivity contribution is 5.98. The summed E-state index contributed by atoms with van der Waals surface area (Å²) in [5.74, 6) is -1.36. The first-order valence-corrected chi connectivity index (χ1v) is 8.56. The summed E-state index contributed by atoms with van der Waals surface area (Å²) in [5, 5.41) is 8.86. The molecule has 1 N–H and O–H groups in total. The van der Waals surface area contributed by atoms with E-state index in [1.807, 2.05) is 14.1 Å². The van der Waals surface area contributed by atoms with E-state index >= 15 is 0 Å². The highest BCUT2D eigenvalue weighted by Gasteiger charge is 2.46. The number of nitrogens with zero attached hydrogens (tertiary/aromatic N) is 2. The lowest BCUT2D eigenvalue weighted by Gasteiger charge is -2.49. The quantitative estimate of drug-likeness (QED) is 0.307. The van der Waals surface area contributed by atoms with Crippen LogP contribution in [0, 0.1) is 5.92 Å². The molecule has 1 fully saturated rings. The molecule has 1 aliphatic heterocycles. The van der Waals surface area contributed by atoms with E-state index in [9.17, 15) is 9.59 Å². The maximum absolute atomic E-state index is 12.4. The van der Waals surface area contributed by atoms with Gasteiger partial charge in [0.1, 0.15) is 17.3 Å². The Bertz CT molecular complexity index is 410. The Hall–Kier alpha value is -1.02. The van der Waals surface area contributed by atoms with Gasteiger partial charge in [-0.25, -0.2) is 0 Å². The first kappa shape index (κ1) is 21.0. The Morgan fingerprint density at radius 1 is 1.33 bits per heavy atom. The van der Waals surface area contributed by atoms with E-state index in [0.29, 0.717) is 26.2 Å². The number of carbonyl (C=O) groups is 2. The summed E-state index contributed by atoms with van der Waals surface area (Å²) in [6, 6.07) is 0. The van der Waals surface area contributed by atoms with Crippen LogP contribution in [0.4, 0.5) is 0 Å². The number of esters is 1. The Morgan fingerprint density at radius 3 is 2.54 bits per heavy atom. The van der Waals surface area contributed by atoms with E-state index in [1.165, 1.54) is 7.11 Å². The second kappa shape index (κ2) is 10.1. The molecule has 1 aliphatic rings. The van der Waals surface area contributed by atoms with Crippen LogP contribution in [0.1, 0.15) is 26.2 Å². The number of ether oxygens (including phenoxy) is 2. The van der Waals surface area contributed by atoms with Crippen LogP contribution in [0.15, 0.2) is 0 Å². The average molecular weight is 344 g/mol. The van der Waals surface area contributed by atoms with E-state index in [0.717, 1.165) is 19.4 Å². The number of aliphatic hydroxyl groups is 1. The molecule has 0 aromatic carbocycles. The van der Waals surface area contributed by atoms with E-state index in [1.54, 1.807) is 6.92 Å². The Kier molecular flexibility index (Phi) is 8.83. The summed E-state index contributed by atoms with van der Waals surface area (Å²) >= 11 is 0. The molecule has 0 saturated carbocycles. The molecule has 1 atom stereocenters. The molecule has 0 spiro atoms. The van der Waals surface area contributed by atoms with Crippen molar-refractivity contribution in [3.63, 3.8) is 0 Å². The maximum Gasteiger partial charge on any atom is 0.316 e. The fourth-order valence-corrected chi connectivity index (χ4v) is 3.05. The lowest BCUT2D eigenvalue weighted by Crippen LogP contribution is -2.67. The number of ketones is 1. The lowest BCUT2D eigenvalue weighted by atomic mass is 9.93. The number of likely N-dealkylation sites (tertiary alicyclic amines) is 1. The number of likely N-dealkylation sites (N-methyl/N-ethyl adjacent to an activating group) is 2. The minimum atomic E-state index is -0.761. The molecule has 0 radical (unpaired) electrons. The zero-order valence-electron chi connectivity index (χ0n) is 15.4. The SMILES string of the molecule is COCCC(=O)C(C)C(=O)OC1(CN(C)CCCCO)CN(C)C1. The number of hydrogen-bond acceptors (Lipinski definition) is 7. The zero-order chi connectivity index (χ0) is 18.2. The third kappa shape index (κ3) is 6.47. The molecule has 24 heavy (non-hydrogen) atoms. The molecule has 0 aromatic heterocycles. The summed E-state index contributed by atoms with van der Waals surface area (Å²) in [4.78, 5) is 28.5. The predicted octanol–water partition coefficient (Wildman–Crippen LogP) is 0.160. The second-order valence-electron chi connectivity index (χ2n) is 6.88. The van der Waals surface area contributed by atoms with Crippen molar-refractivity contribution in [3.05, 3.63) is 0 Å². The summed E-state index contributed by atoms with van der Waals surface area (Å²) in [7, 11) is 5.49. The molecule has 1 unspecified atom stereocenters. The molecular weight excluding hydrogens is 312 g/mol. The van der Waals surface area contributed by atoms with Crippen LogP contribution >= 0.6 is 0 Å². The van der Waals surface area contributed by atoms with Gasteiger partial charge in [0, 0.05) is 39.8 Å². The van der Waals surface area contributed by atoms with Gasteiger partial charge < -0.3 is 19.5 Å². The first-order chi connectivity index (χ1) is 11.3. The zero-order valence-corrected chi connectivity index (χ0v) is 15.4. The number of hydrogen-bond donors (Lipinski definition) is 1. The smallest absolute Gasteiger partial charge is 0.316 e. The van der Waals surface area contributed by atoms with Crippen LogP contribution in [0.3, 0.4) is 0 Å². The van der Waals surface area contributed by atoms with E-state index in [-0.39, 0.29) is 18.8 Å². The number of carbonyl (C=O) groups excluding carboxylic acids is 2. The molecule has 0 aliphatic carbocycles. The predicted molar refractivity (Wildman–Crippen MR) is 90.8 cm³/mol. The molecule has 1 heterocycles. The Morgan fingerprint density at radius 2 is 2.00 bits per heavy atom. The molecule has 0 aromatic rings. The molecule has 1 saturated heterocycles. The highest BCUT2D eigenvalue weighted by Crippen LogP contribution is 2.26. The van der Waals surface area contributed by atoms with Gasteiger partial charge in [0.25, 0.3) is 0 Å². The van der Waals surface area contributed by atoms with Crippen molar-refractivity contribution in [2.75, 3.05) is 60.6 Å². The largest absolute Gasteiger partial charge is 0.454 e. The van der Waals surface area contributed by atoms with Crippen molar-refractivity contribution in [2.45, 2.75) is 31.8 Å². The summed E-state index contributed by atoms with van der Waals surface area (Å²) in [6.45, 7) is 4.92. The number of rotatable bonds is 12. The van der Waals surface area contributed by atoms with E-state index < -0.39 is 17.5 Å². The van der Waals surface area contributed by atoms with Gasteiger partial charge in [-0.1, -0.05) is 0 Å². The molecule has 7 nitrogen and oxygen atoms in total. The van der Waals surface area contributed by atoms with Gasteiger partial charge >= 0.3 is 5.97 Å². The van der Waals surface area contributed by atoms with Crippen molar-refractivity contribution in [3.8, 4) is 0 Å². The molecule has 0 amide bonds. The fourth-order valence-electron chi connectivity index (χ4n) is 3.05. The highest BCUT2D eigenvalue weighted by atomic mass is 16.6. The van der Waals surface area contributed by atoms with Gasteiger partial charge in [0.15, 0.2) is 0 Å². The molecule has 1 rings (SSSR count).